The smallest absolute Gasteiger partial charge is 0.260 e. The van der Waals surface area contributed by atoms with E-state index in [1.807, 2.05) is 30.3 Å². The summed E-state index contributed by atoms with van der Waals surface area (Å²) < 4.78 is 22.3. The van der Waals surface area contributed by atoms with Crippen molar-refractivity contribution in [3.63, 3.8) is 0 Å². The van der Waals surface area contributed by atoms with Crippen molar-refractivity contribution >= 4 is 11.0 Å². The first-order valence-corrected chi connectivity index (χ1v) is 9.63. The molecule has 0 unspecified atom stereocenters. The van der Waals surface area contributed by atoms with Gasteiger partial charge >= 0.3 is 0 Å². The highest BCUT2D eigenvalue weighted by atomic mass is 19.1. The van der Waals surface area contributed by atoms with E-state index >= 15 is 0 Å². The molecule has 0 spiro atoms. The minimum atomic E-state index is -0.855. The van der Waals surface area contributed by atoms with Crippen LogP contribution in [0.15, 0.2) is 65.8 Å². The topological polar surface area (TPSA) is 80.1 Å². The highest BCUT2D eigenvalue weighted by molar-refractivity contribution is 5.94. The Morgan fingerprint density at radius 3 is 2.63 bits per heavy atom. The monoisotopic (exact) mass is 407 g/mol. The van der Waals surface area contributed by atoms with Gasteiger partial charge in [-0.15, -0.1) is 0 Å². The largest absolute Gasteiger partial charge is 0.493 e. The van der Waals surface area contributed by atoms with Gasteiger partial charge in [0.05, 0.1) is 23.9 Å². The summed E-state index contributed by atoms with van der Waals surface area (Å²) in [7, 11) is 0. The summed E-state index contributed by atoms with van der Waals surface area (Å²) in [6, 6.07) is 14.0. The zero-order chi connectivity index (χ0) is 21.3. The molecule has 2 N–H and O–H groups in total. The van der Waals surface area contributed by atoms with Gasteiger partial charge in [0.2, 0.25) is 0 Å². The fourth-order valence-electron chi connectivity index (χ4n) is 3.28. The van der Waals surface area contributed by atoms with E-state index in [0.717, 1.165) is 5.69 Å². The number of hydrogen-bond donors (Lipinski definition) is 2. The number of nitrogens with zero attached hydrogens (tertiary/aromatic N) is 2. The van der Waals surface area contributed by atoms with Crippen molar-refractivity contribution in [1.29, 1.82) is 0 Å². The van der Waals surface area contributed by atoms with Crippen LogP contribution in [0, 0.1) is 5.82 Å². The van der Waals surface area contributed by atoms with Gasteiger partial charge in [-0.1, -0.05) is 18.2 Å². The average Bonchev–Trinajstić information content (AvgIpc) is 3.09. The van der Waals surface area contributed by atoms with Gasteiger partial charge in [-0.3, -0.25) is 4.79 Å². The number of halogens is 1. The lowest BCUT2D eigenvalue weighted by Gasteiger charge is -2.17. The third-order valence-electron chi connectivity index (χ3n) is 4.84. The van der Waals surface area contributed by atoms with Crippen molar-refractivity contribution in [2.45, 2.75) is 25.9 Å². The maximum Gasteiger partial charge on any atom is 0.260 e. The molecule has 7 heteroatoms. The molecule has 2 aromatic heterocycles. The summed E-state index contributed by atoms with van der Waals surface area (Å²) in [5.74, 6) is -0.148. The van der Waals surface area contributed by atoms with Crippen LogP contribution in [0.5, 0.6) is 5.75 Å². The van der Waals surface area contributed by atoms with Gasteiger partial charge in [-0.25, -0.2) is 9.37 Å². The van der Waals surface area contributed by atoms with E-state index in [-0.39, 0.29) is 17.7 Å². The first kappa shape index (κ1) is 19.8. The third kappa shape index (κ3) is 3.97. The number of aromatic amines is 1. The van der Waals surface area contributed by atoms with E-state index in [1.54, 1.807) is 36.7 Å². The van der Waals surface area contributed by atoms with E-state index in [2.05, 4.69) is 9.97 Å². The minimum Gasteiger partial charge on any atom is -0.493 e. The molecule has 0 aliphatic rings. The summed E-state index contributed by atoms with van der Waals surface area (Å²) in [4.78, 5) is 19.4. The lowest BCUT2D eigenvalue weighted by atomic mass is 10.1. The SMILES string of the molecule is CC(C)(O)CCOc1ccc(-c2cn(-c3ccccc3)c3nc[nH]c(=O)c23)c(F)c1. The molecule has 0 fully saturated rings. The molecule has 0 bridgehead atoms. The maximum atomic E-state index is 15.0. The van der Waals surface area contributed by atoms with Gasteiger partial charge in [-0.05, 0) is 38.1 Å². The van der Waals surface area contributed by atoms with E-state index < -0.39 is 11.4 Å². The quantitative estimate of drug-likeness (QED) is 0.505. The highest BCUT2D eigenvalue weighted by Gasteiger charge is 2.19. The molecule has 2 heterocycles. The molecular formula is C23H22FN3O3. The number of fused-ring (bicyclic) bond motifs is 1. The van der Waals surface area contributed by atoms with Gasteiger partial charge in [0, 0.05) is 35.5 Å². The fraction of sp³-hybridized carbons (Fsp3) is 0.217. The first-order valence-electron chi connectivity index (χ1n) is 9.63. The Balaban J connectivity index is 1.76. The summed E-state index contributed by atoms with van der Waals surface area (Å²) in [6.45, 7) is 3.64. The molecule has 0 saturated heterocycles. The third-order valence-corrected chi connectivity index (χ3v) is 4.84. The Kier molecular flexibility index (Phi) is 5.13. The summed E-state index contributed by atoms with van der Waals surface area (Å²) in [5.41, 5.74) is 0.802. The number of ether oxygens (including phenoxy) is 1. The van der Waals surface area contributed by atoms with Gasteiger partial charge in [0.15, 0.2) is 5.65 Å². The Hall–Kier alpha value is -3.45. The Morgan fingerprint density at radius 1 is 1.17 bits per heavy atom. The van der Waals surface area contributed by atoms with E-state index in [1.165, 1.54) is 12.4 Å². The van der Waals surface area contributed by atoms with Gasteiger partial charge < -0.3 is 19.4 Å². The zero-order valence-corrected chi connectivity index (χ0v) is 16.7. The van der Waals surface area contributed by atoms with Crippen LogP contribution in [0.4, 0.5) is 4.39 Å². The fourth-order valence-corrected chi connectivity index (χ4v) is 3.28. The molecule has 0 amide bonds. The predicted molar refractivity (Wildman–Crippen MR) is 113 cm³/mol. The second kappa shape index (κ2) is 7.76. The molecule has 6 nitrogen and oxygen atoms in total. The second-order valence-corrected chi connectivity index (χ2v) is 7.73. The summed E-state index contributed by atoms with van der Waals surface area (Å²) in [5, 5.41) is 10.1. The van der Waals surface area contributed by atoms with Crippen LogP contribution in [0.3, 0.4) is 0 Å². The Bertz CT molecular complexity index is 1240. The number of benzene rings is 2. The van der Waals surface area contributed by atoms with E-state index in [0.29, 0.717) is 28.8 Å². The van der Waals surface area contributed by atoms with E-state index in [9.17, 15) is 14.3 Å². The van der Waals surface area contributed by atoms with Gasteiger partial charge in [0.25, 0.3) is 5.56 Å². The number of aromatic nitrogens is 3. The normalized spacial score (nSPS) is 11.7. The van der Waals surface area contributed by atoms with Crippen LogP contribution in [0.1, 0.15) is 20.3 Å². The molecule has 0 saturated carbocycles. The van der Waals surface area contributed by atoms with Crippen LogP contribution in [-0.4, -0.2) is 31.8 Å². The van der Waals surface area contributed by atoms with Crippen LogP contribution >= 0.6 is 0 Å². The zero-order valence-electron chi connectivity index (χ0n) is 16.7. The molecule has 0 aliphatic heterocycles. The van der Waals surface area contributed by atoms with Gasteiger partial charge in [0.1, 0.15) is 11.6 Å². The van der Waals surface area contributed by atoms with E-state index in [4.69, 9.17) is 4.74 Å². The molecule has 4 aromatic rings. The molecule has 30 heavy (non-hydrogen) atoms. The average molecular weight is 407 g/mol. The number of para-hydroxylation sites is 1. The van der Waals surface area contributed by atoms with Crippen molar-refractivity contribution in [2.75, 3.05) is 6.61 Å². The molecule has 154 valence electrons. The lowest BCUT2D eigenvalue weighted by Crippen LogP contribution is -2.21. The van der Waals surface area contributed by atoms with Crippen molar-refractivity contribution in [3.05, 3.63) is 77.2 Å². The highest BCUT2D eigenvalue weighted by Crippen LogP contribution is 2.32. The van der Waals surface area contributed by atoms with Crippen LogP contribution in [0.2, 0.25) is 0 Å². The van der Waals surface area contributed by atoms with Crippen LogP contribution in [-0.2, 0) is 0 Å². The Morgan fingerprint density at radius 2 is 1.93 bits per heavy atom. The minimum absolute atomic E-state index is 0.263. The number of rotatable bonds is 6. The number of nitrogens with one attached hydrogen (secondary N) is 1. The molecule has 2 aromatic carbocycles. The standard InChI is InChI=1S/C23H22FN3O3/c1-23(2,29)10-11-30-16-8-9-17(19(24)12-16)18-13-27(15-6-4-3-5-7-15)21-20(18)22(28)26-14-25-21/h3-9,12-14,29H,10-11H2,1-2H3,(H,25,26,28). The van der Waals surface area contributed by atoms with Crippen molar-refractivity contribution in [1.82, 2.24) is 14.5 Å². The van der Waals surface area contributed by atoms with Gasteiger partial charge in [-0.2, -0.15) is 0 Å². The van der Waals surface area contributed by atoms with Crippen LogP contribution in [0.25, 0.3) is 27.8 Å². The molecular weight excluding hydrogens is 385 g/mol. The lowest BCUT2D eigenvalue weighted by molar-refractivity contribution is 0.0553. The molecule has 0 aliphatic carbocycles. The molecule has 4 rings (SSSR count). The maximum absolute atomic E-state index is 15.0. The molecule has 0 atom stereocenters. The summed E-state index contributed by atoms with van der Waals surface area (Å²) in [6.07, 6.45) is 3.47. The summed E-state index contributed by atoms with van der Waals surface area (Å²) >= 11 is 0. The van der Waals surface area contributed by atoms with Crippen molar-refractivity contribution < 1.29 is 14.2 Å². The number of H-pyrrole nitrogens is 1. The Labute approximate surface area is 172 Å². The van der Waals surface area contributed by atoms with Crippen molar-refractivity contribution in [2.24, 2.45) is 0 Å². The number of hydrogen-bond acceptors (Lipinski definition) is 4. The predicted octanol–water partition coefficient (Wildman–Crippen LogP) is 4.06. The van der Waals surface area contributed by atoms with Crippen molar-refractivity contribution in [3.8, 4) is 22.6 Å². The first-order chi connectivity index (χ1) is 14.3. The van der Waals surface area contributed by atoms with Crippen LogP contribution < -0.4 is 10.3 Å². The molecule has 0 radical (unpaired) electrons. The number of aliphatic hydroxyl groups is 1. The second-order valence-electron chi connectivity index (χ2n) is 7.73.